The van der Waals surface area contributed by atoms with Crippen molar-refractivity contribution in [3.05, 3.63) is 71.3 Å². The zero-order valence-corrected chi connectivity index (χ0v) is 14.9. The third-order valence-corrected chi connectivity index (χ3v) is 4.01. The van der Waals surface area contributed by atoms with E-state index in [0.717, 1.165) is 11.6 Å². The molecule has 0 saturated carbocycles. The van der Waals surface area contributed by atoms with Crippen molar-refractivity contribution >= 4 is 5.96 Å². The molecule has 26 heavy (non-hydrogen) atoms. The van der Waals surface area contributed by atoms with E-state index in [1.807, 2.05) is 37.3 Å². The Balaban J connectivity index is 1.93. The van der Waals surface area contributed by atoms with Crippen LogP contribution in [0.4, 0.5) is 8.78 Å². The molecule has 0 spiro atoms. The average molecular weight is 361 g/mol. The molecule has 0 bridgehead atoms. The van der Waals surface area contributed by atoms with Crippen molar-refractivity contribution in [2.24, 2.45) is 4.99 Å². The van der Waals surface area contributed by atoms with Gasteiger partial charge in [-0.05, 0) is 30.5 Å². The predicted molar refractivity (Wildman–Crippen MR) is 100 cm³/mol. The molecular formula is C20H25F2N3O. The van der Waals surface area contributed by atoms with Gasteiger partial charge in [-0.25, -0.2) is 8.78 Å². The quantitative estimate of drug-likeness (QED) is 0.501. The molecule has 0 amide bonds. The zero-order valence-electron chi connectivity index (χ0n) is 14.9. The van der Waals surface area contributed by atoms with Gasteiger partial charge in [-0.1, -0.05) is 36.4 Å². The van der Waals surface area contributed by atoms with E-state index in [1.54, 1.807) is 0 Å². The Labute approximate surface area is 153 Å². The standard InChI is InChI=1S/C20H25F2N3O/c1-2-23-20(24-11-10-16-8-9-18(21)12-19(16)22)25-13-17(14-26)15-6-4-3-5-7-15/h3-9,12,17,26H,2,10-11,13-14H2,1H3,(H2,23,24,25). The third kappa shape index (κ3) is 6.11. The fourth-order valence-electron chi connectivity index (χ4n) is 2.58. The number of benzene rings is 2. The molecule has 0 aliphatic heterocycles. The number of aliphatic hydroxyl groups excluding tert-OH is 1. The topological polar surface area (TPSA) is 56.7 Å². The molecule has 0 radical (unpaired) electrons. The zero-order chi connectivity index (χ0) is 18.8. The maximum Gasteiger partial charge on any atom is 0.191 e. The molecule has 0 saturated heterocycles. The molecular weight excluding hydrogens is 336 g/mol. The van der Waals surface area contributed by atoms with Gasteiger partial charge in [0.1, 0.15) is 11.6 Å². The second kappa shape index (κ2) is 10.5. The van der Waals surface area contributed by atoms with Gasteiger partial charge >= 0.3 is 0 Å². The van der Waals surface area contributed by atoms with Gasteiger partial charge in [0.25, 0.3) is 0 Å². The Morgan fingerprint density at radius 2 is 1.88 bits per heavy atom. The van der Waals surface area contributed by atoms with Crippen LogP contribution in [-0.4, -0.2) is 37.3 Å². The Hall–Kier alpha value is -2.47. The average Bonchev–Trinajstić information content (AvgIpc) is 2.65. The van der Waals surface area contributed by atoms with Crippen molar-refractivity contribution in [2.45, 2.75) is 19.3 Å². The molecule has 0 aliphatic rings. The molecule has 0 aromatic heterocycles. The van der Waals surface area contributed by atoms with E-state index < -0.39 is 11.6 Å². The first-order chi connectivity index (χ1) is 12.6. The molecule has 1 unspecified atom stereocenters. The normalized spacial score (nSPS) is 12.7. The number of rotatable bonds is 8. The molecule has 0 heterocycles. The SMILES string of the molecule is CCNC(=NCC(CO)c1ccccc1)NCCc1ccc(F)cc1F. The summed E-state index contributed by atoms with van der Waals surface area (Å²) in [6.07, 6.45) is 0.415. The minimum atomic E-state index is -0.579. The van der Waals surface area contributed by atoms with Crippen LogP contribution < -0.4 is 10.6 Å². The summed E-state index contributed by atoms with van der Waals surface area (Å²) in [6, 6.07) is 13.3. The highest BCUT2D eigenvalue weighted by Crippen LogP contribution is 2.15. The van der Waals surface area contributed by atoms with Crippen molar-refractivity contribution < 1.29 is 13.9 Å². The summed E-state index contributed by atoms with van der Waals surface area (Å²) in [4.78, 5) is 4.51. The molecule has 6 heteroatoms. The molecule has 140 valence electrons. The summed E-state index contributed by atoms with van der Waals surface area (Å²) in [7, 11) is 0. The number of aliphatic imine (C=N–C) groups is 1. The summed E-state index contributed by atoms with van der Waals surface area (Å²) in [6.45, 7) is 3.54. The van der Waals surface area contributed by atoms with Crippen molar-refractivity contribution in [2.75, 3.05) is 26.2 Å². The lowest BCUT2D eigenvalue weighted by molar-refractivity contribution is 0.268. The number of nitrogens with zero attached hydrogens (tertiary/aromatic N) is 1. The van der Waals surface area contributed by atoms with Crippen molar-refractivity contribution in [1.82, 2.24) is 10.6 Å². The smallest absolute Gasteiger partial charge is 0.191 e. The van der Waals surface area contributed by atoms with Crippen LogP contribution in [0.15, 0.2) is 53.5 Å². The summed E-state index contributed by atoms with van der Waals surface area (Å²) in [5.74, 6) is -0.603. The highest BCUT2D eigenvalue weighted by atomic mass is 19.1. The van der Waals surface area contributed by atoms with E-state index in [2.05, 4.69) is 15.6 Å². The second-order valence-electron chi connectivity index (χ2n) is 5.92. The third-order valence-electron chi connectivity index (χ3n) is 4.01. The molecule has 3 N–H and O–H groups in total. The first-order valence-corrected chi connectivity index (χ1v) is 8.76. The molecule has 2 rings (SSSR count). The van der Waals surface area contributed by atoms with Crippen LogP contribution in [0, 0.1) is 11.6 Å². The van der Waals surface area contributed by atoms with E-state index >= 15 is 0 Å². The monoisotopic (exact) mass is 361 g/mol. The van der Waals surface area contributed by atoms with Gasteiger partial charge in [-0.2, -0.15) is 0 Å². The highest BCUT2D eigenvalue weighted by Gasteiger charge is 2.10. The van der Waals surface area contributed by atoms with Crippen LogP contribution in [0.2, 0.25) is 0 Å². The maximum absolute atomic E-state index is 13.7. The molecule has 4 nitrogen and oxygen atoms in total. The van der Waals surface area contributed by atoms with Gasteiger partial charge in [-0.3, -0.25) is 4.99 Å². The van der Waals surface area contributed by atoms with Crippen molar-refractivity contribution in [3.63, 3.8) is 0 Å². The number of hydrogen-bond donors (Lipinski definition) is 3. The molecule has 2 aromatic carbocycles. The van der Waals surface area contributed by atoms with Gasteiger partial charge in [-0.15, -0.1) is 0 Å². The largest absolute Gasteiger partial charge is 0.396 e. The summed E-state index contributed by atoms with van der Waals surface area (Å²) in [5.41, 5.74) is 1.48. The minimum absolute atomic E-state index is 0.00765. The Morgan fingerprint density at radius 1 is 1.12 bits per heavy atom. The van der Waals surface area contributed by atoms with E-state index in [-0.39, 0.29) is 12.5 Å². The van der Waals surface area contributed by atoms with Gasteiger partial charge in [0.2, 0.25) is 0 Å². The summed E-state index contributed by atoms with van der Waals surface area (Å²) >= 11 is 0. The lowest BCUT2D eigenvalue weighted by Crippen LogP contribution is -2.38. The van der Waals surface area contributed by atoms with Crippen LogP contribution in [0.3, 0.4) is 0 Å². The van der Waals surface area contributed by atoms with Crippen molar-refractivity contribution in [1.29, 1.82) is 0 Å². The van der Waals surface area contributed by atoms with Crippen LogP contribution in [0.5, 0.6) is 0 Å². The fourth-order valence-corrected chi connectivity index (χ4v) is 2.58. The molecule has 2 aromatic rings. The lowest BCUT2D eigenvalue weighted by atomic mass is 10.0. The maximum atomic E-state index is 13.7. The highest BCUT2D eigenvalue weighted by molar-refractivity contribution is 5.79. The number of halogens is 2. The van der Waals surface area contributed by atoms with Gasteiger partial charge in [0, 0.05) is 25.1 Å². The minimum Gasteiger partial charge on any atom is -0.396 e. The van der Waals surface area contributed by atoms with Crippen LogP contribution in [0.25, 0.3) is 0 Å². The first-order valence-electron chi connectivity index (χ1n) is 8.76. The molecule has 0 fully saturated rings. The molecule has 0 aliphatic carbocycles. The Kier molecular flexibility index (Phi) is 8.02. The first kappa shape index (κ1) is 19.8. The number of aliphatic hydroxyl groups is 1. The Morgan fingerprint density at radius 3 is 2.54 bits per heavy atom. The predicted octanol–water partition coefficient (Wildman–Crippen LogP) is 2.84. The van der Waals surface area contributed by atoms with Crippen LogP contribution in [-0.2, 0) is 6.42 Å². The Bertz CT molecular complexity index is 707. The summed E-state index contributed by atoms with van der Waals surface area (Å²) < 4.78 is 26.6. The number of hydrogen-bond acceptors (Lipinski definition) is 2. The van der Waals surface area contributed by atoms with E-state index in [4.69, 9.17) is 0 Å². The van der Waals surface area contributed by atoms with Crippen molar-refractivity contribution in [3.8, 4) is 0 Å². The van der Waals surface area contributed by atoms with Crippen LogP contribution >= 0.6 is 0 Å². The second-order valence-corrected chi connectivity index (χ2v) is 5.92. The van der Waals surface area contributed by atoms with E-state index in [9.17, 15) is 13.9 Å². The van der Waals surface area contributed by atoms with E-state index in [0.29, 0.717) is 37.6 Å². The van der Waals surface area contributed by atoms with Crippen LogP contribution in [0.1, 0.15) is 24.0 Å². The van der Waals surface area contributed by atoms with Gasteiger partial charge in [0.05, 0.1) is 13.2 Å². The summed E-state index contributed by atoms with van der Waals surface area (Å²) in [5, 5.41) is 15.9. The lowest BCUT2D eigenvalue weighted by Gasteiger charge is -2.15. The molecule has 1 atom stereocenters. The number of guanidine groups is 1. The van der Waals surface area contributed by atoms with E-state index in [1.165, 1.54) is 12.1 Å². The van der Waals surface area contributed by atoms with Gasteiger partial charge in [0.15, 0.2) is 5.96 Å². The fraction of sp³-hybridized carbons (Fsp3) is 0.350. The van der Waals surface area contributed by atoms with Gasteiger partial charge < -0.3 is 15.7 Å². The number of nitrogens with one attached hydrogen (secondary N) is 2.